The lowest BCUT2D eigenvalue weighted by Crippen LogP contribution is -2.12. The highest BCUT2D eigenvalue weighted by molar-refractivity contribution is 6.23. The average Bonchev–Trinajstić information content (AvgIpc) is 3.98. The van der Waals surface area contributed by atoms with Crippen LogP contribution in [0.1, 0.15) is 0 Å². The molecule has 0 saturated carbocycles. The Morgan fingerprint density at radius 1 is 0.370 bits per heavy atom. The number of para-hydroxylation sites is 5. The van der Waals surface area contributed by atoms with E-state index in [4.69, 9.17) is 8.83 Å². The molecule has 0 amide bonds. The number of nitrogens with zero attached hydrogens (tertiary/aromatic N) is 2. The first-order valence-electron chi connectivity index (χ1n) is 18.2. The summed E-state index contributed by atoms with van der Waals surface area (Å²) < 4.78 is 17.7. The zero-order valence-corrected chi connectivity index (χ0v) is 28.6. The average molecular weight is 691 g/mol. The molecule has 0 spiro atoms. The van der Waals surface area contributed by atoms with Crippen LogP contribution in [0.15, 0.2) is 171 Å². The second-order valence-corrected chi connectivity index (χ2v) is 14.4. The van der Waals surface area contributed by atoms with Gasteiger partial charge in [-0.3, -0.25) is 9.20 Å². The summed E-state index contributed by atoms with van der Waals surface area (Å²) in [6, 6.07) is 54.7. The molecule has 54 heavy (non-hydrogen) atoms. The number of fused-ring (bicyclic) bond motifs is 15. The lowest BCUT2D eigenvalue weighted by Gasteiger charge is -2.13. The minimum Gasteiger partial charge on any atom is -0.454 e. The molecule has 5 aromatic heterocycles. The molecule has 13 rings (SSSR count). The summed E-state index contributed by atoms with van der Waals surface area (Å²) in [6.07, 6.45) is 0. The van der Waals surface area contributed by atoms with Crippen LogP contribution >= 0.6 is 0 Å². The zero-order valence-electron chi connectivity index (χ0n) is 28.6. The molecule has 13 aromatic rings. The number of hydrogen-bond acceptors (Lipinski definition) is 3. The molecule has 0 bridgehead atoms. The summed E-state index contributed by atoms with van der Waals surface area (Å²) in [5.41, 5.74) is 10.3. The monoisotopic (exact) mass is 690 g/mol. The van der Waals surface area contributed by atoms with Crippen LogP contribution in [0.4, 0.5) is 0 Å². The highest BCUT2D eigenvalue weighted by atomic mass is 16.3. The van der Waals surface area contributed by atoms with E-state index >= 15 is 0 Å². The van der Waals surface area contributed by atoms with E-state index in [0.29, 0.717) is 5.39 Å². The van der Waals surface area contributed by atoms with Crippen molar-refractivity contribution in [1.29, 1.82) is 0 Å². The van der Waals surface area contributed by atoms with Crippen molar-refractivity contribution in [2.75, 3.05) is 0 Å². The molecule has 0 radical (unpaired) electrons. The van der Waals surface area contributed by atoms with Crippen LogP contribution in [-0.2, 0) is 0 Å². The molecule has 0 fully saturated rings. The Labute approximate surface area is 305 Å². The first-order valence-corrected chi connectivity index (χ1v) is 18.2. The van der Waals surface area contributed by atoms with Crippen molar-refractivity contribution in [3.05, 3.63) is 168 Å². The first-order chi connectivity index (χ1) is 26.7. The first kappa shape index (κ1) is 28.2. The third-order valence-corrected chi connectivity index (χ3v) is 11.7. The lowest BCUT2D eigenvalue weighted by atomic mass is 9.97. The number of benzene rings is 8. The van der Waals surface area contributed by atoms with Crippen molar-refractivity contribution in [2.24, 2.45) is 0 Å². The van der Waals surface area contributed by atoms with Crippen LogP contribution in [0, 0.1) is 0 Å². The van der Waals surface area contributed by atoms with E-state index in [2.05, 4.69) is 114 Å². The number of furan rings is 2. The molecular formula is C49H26N2O3. The Balaban J connectivity index is 1.17. The number of aromatic nitrogens is 2. The quantitative estimate of drug-likeness (QED) is 0.170. The molecule has 0 aliphatic rings. The predicted octanol–water partition coefficient (Wildman–Crippen LogP) is 12.8. The van der Waals surface area contributed by atoms with Gasteiger partial charge in [-0.2, -0.15) is 0 Å². The fourth-order valence-electron chi connectivity index (χ4n) is 9.32. The van der Waals surface area contributed by atoms with Crippen molar-refractivity contribution in [2.45, 2.75) is 0 Å². The van der Waals surface area contributed by atoms with Gasteiger partial charge in [0.15, 0.2) is 11.2 Å². The number of pyridine rings is 1. The molecule has 8 aromatic carbocycles. The maximum Gasteiger partial charge on any atom is 0.263 e. The SMILES string of the molecule is O=c1c2ccc(-c3cc(-n4c5ccccc5c5ccc6c7ccccc7oc6c54)c4oc5ccccc5c4c3)cc2c2cccc3c4ccccc4n1c23. The molecule has 250 valence electrons. The minimum absolute atomic E-state index is 0.00134. The lowest BCUT2D eigenvalue weighted by molar-refractivity contribution is 0.665. The van der Waals surface area contributed by atoms with Crippen molar-refractivity contribution >= 4 is 104 Å². The molecular weight excluding hydrogens is 665 g/mol. The third-order valence-electron chi connectivity index (χ3n) is 11.7. The highest BCUT2D eigenvalue weighted by Crippen LogP contribution is 2.44. The maximum absolute atomic E-state index is 14.3. The van der Waals surface area contributed by atoms with Gasteiger partial charge in [0, 0.05) is 53.9 Å². The summed E-state index contributed by atoms with van der Waals surface area (Å²) in [4.78, 5) is 14.3. The van der Waals surface area contributed by atoms with Gasteiger partial charge in [-0.25, -0.2) is 0 Å². The second kappa shape index (κ2) is 9.94. The third kappa shape index (κ3) is 3.46. The number of hydrogen-bond donors (Lipinski definition) is 0. The Hall–Kier alpha value is -7.37. The van der Waals surface area contributed by atoms with E-state index in [1.165, 1.54) is 0 Å². The zero-order chi connectivity index (χ0) is 35.2. The van der Waals surface area contributed by atoms with E-state index < -0.39 is 0 Å². The molecule has 0 N–H and O–H groups in total. The van der Waals surface area contributed by atoms with E-state index in [-0.39, 0.29) is 5.56 Å². The van der Waals surface area contributed by atoms with Gasteiger partial charge >= 0.3 is 0 Å². The fourth-order valence-corrected chi connectivity index (χ4v) is 9.32. The van der Waals surface area contributed by atoms with Gasteiger partial charge in [-0.05, 0) is 71.1 Å². The van der Waals surface area contributed by atoms with Gasteiger partial charge in [0.1, 0.15) is 11.2 Å². The standard InChI is InChI=1S/C49H26N2O3/c52-49-37-21-20-27(24-38(37)34-15-9-14-33-29-10-2-6-17-41(29)51(49)45(33)34)28-25-39-32-13-4-8-19-44(32)53-47(39)42(26-28)50-40-16-5-1-11-30(40)35-22-23-36-31-12-3-7-18-43(31)54-48(36)46(35)50/h1-26H. The topological polar surface area (TPSA) is 52.7 Å². The minimum atomic E-state index is -0.00134. The van der Waals surface area contributed by atoms with Gasteiger partial charge in [0.2, 0.25) is 0 Å². The summed E-state index contributed by atoms with van der Waals surface area (Å²) in [7, 11) is 0. The largest absolute Gasteiger partial charge is 0.454 e. The van der Waals surface area contributed by atoms with Crippen molar-refractivity contribution in [1.82, 2.24) is 8.97 Å². The smallest absolute Gasteiger partial charge is 0.263 e. The molecule has 5 heterocycles. The van der Waals surface area contributed by atoms with Gasteiger partial charge in [-0.1, -0.05) is 103 Å². The Bertz CT molecular complexity index is 3820. The summed E-state index contributed by atoms with van der Waals surface area (Å²) in [6.45, 7) is 0. The molecule has 0 aliphatic heterocycles. The summed E-state index contributed by atoms with van der Waals surface area (Å²) in [5.74, 6) is 0. The van der Waals surface area contributed by atoms with Crippen molar-refractivity contribution < 1.29 is 8.83 Å². The van der Waals surface area contributed by atoms with E-state index in [0.717, 1.165) is 115 Å². The molecule has 0 saturated heterocycles. The van der Waals surface area contributed by atoms with Crippen LogP contribution in [0.5, 0.6) is 0 Å². The van der Waals surface area contributed by atoms with Crippen LogP contribution in [0.25, 0.3) is 120 Å². The Morgan fingerprint density at radius 2 is 0.926 bits per heavy atom. The van der Waals surface area contributed by atoms with Gasteiger partial charge in [0.05, 0.1) is 27.8 Å². The Morgan fingerprint density at radius 3 is 1.72 bits per heavy atom. The number of rotatable bonds is 2. The van der Waals surface area contributed by atoms with E-state index in [1.54, 1.807) is 0 Å². The highest BCUT2D eigenvalue weighted by Gasteiger charge is 2.23. The van der Waals surface area contributed by atoms with Crippen LogP contribution < -0.4 is 5.56 Å². The summed E-state index contributed by atoms with van der Waals surface area (Å²) in [5, 5.41) is 11.4. The molecule has 5 heteroatoms. The van der Waals surface area contributed by atoms with Gasteiger partial charge < -0.3 is 13.4 Å². The van der Waals surface area contributed by atoms with Gasteiger partial charge in [-0.15, -0.1) is 0 Å². The summed E-state index contributed by atoms with van der Waals surface area (Å²) >= 11 is 0. The molecule has 5 nitrogen and oxygen atoms in total. The molecule has 0 unspecified atom stereocenters. The van der Waals surface area contributed by atoms with Crippen molar-refractivity contribution in [3.63, 3.8) is 0 Å². The van der Waals surface area contributed by atoms with Crippen LogP contribution in [0.2, 0.25) is 0 Å². The molecule has 0 atom stereocenters. The van der Waals surface area contributed by atoms with Crippen LogP contribution in [0.3, 0.4) is 0 Å². The van der Waals surface area contributed by atoms with E-state index in [9.17, 15) is 4.79 Å². The normalized spacial score (nSPS) is 12.5. The Kier molecular flexibility index (Phi) is 5.20. The van der Waals surface area contributed by atoms with Gasteiger partial charge in [0.25, 0.3) is 5.56 Å². The predicted molar refractivity (Wildman–Crippen MR) is 222 cm³/mol. The van der Waals surface area contributed by atoms with E-state index in [1.807, 2.05) is 52.9 Å². The fraction of sp³-hybridized carbons (Fsp3) is 0. The molecule has 0 aliphatic carbocycles. The van der Waals surface area contributed by atoms with Crippen LogP contribution in [-0.4, -0.2) is 8.97 Å². The van der Waals surface area contributed by atoms with Crippen molar-refractivity contribution in [3.8, 4) is 16.8 Å². The maximum atomic E-state index is 14.3. The second-order valence-electron chi connectivity index (χ2n) is 14.4.